The molecule has 120 heavy (non-hydrogen) atoms. The van der Waals surface area contributed by atoms with Gasteiger partial charge in [-0.25, -0.2) is 0 Å². The Morgan fingerprint density at radius 2 is 0.792 bits per heavy atom. The van der Waals surface area contributed by atoms with Crippen molar-refractivity contribution in [2.75, 3.05) is 55.3 Å². The zero-order valence-electron chi connectivity index (χ0n) is 69.3. The largest absolute Gasteiger partial charge is 0.481 e. The van der Waals surface area contributed by atoms with Crippen LogP contribution in [0.4, 0.5) is 4.39 Å². The quantitative estimate of drug-likeness (QED) is 0.0372. The van der Waals surface area contributed by atoms with Gasteiger partial charge in [-0.15, -0.1) is 11.6 Å². The number of carbonyl (C=O) groups excluding carboxylic acids is 4. The predicted octanol–water partition coefficient (Wildman–Crippen LogP) is 22.3. The Morgan fingerprint density at radius 1 is 0.458 bits per heavy atom. The molecule has 4 bridgehead atoms. The van der Waals surface area contributed by atoms with E-state index in [4.69, 9.17) is 89.9 Å². The molecule has 5 aliphatic heterocycles. The number of hydrogen-bond donors (Lipinski definition) is 2. The number of ether oxygens (including phenoxy) is 5. The third-order valence-electron chi connectivity index (χ3n) is 22.0. The standard InChI is InChI=1S/C24H28ClNO3.C23H26ClNO2.C16H15ClO2.C15H13ClO2.C9H10O2.C7H6Cl2.C4H8O.CH3F/c1-26-20-10-11-21(26)14-22(13-20)29-23(28)24(16-27,18-7-3-2-4-8-18)15-17-6-5-9-19(25)12-17;1-25-19-10-11-20(25)15-21(14-19)27-23(26)22(17-7-3-2-4-8-17)13-16-6-5-9-18(24)12-16;1-19-16(18)15(13-7-3-2-4-8-13)11-12-6-5-9-14(17)10-12;16-13-8-4-5-11(9-13)10-14(15(17)18)12-6-2-1-3-7-12;1-11-9(10)7-8-5-3-2-4-6-8;8-5-6-2-1-3-7(9)4-6;1-2-4-5-3-1;1-2/h2-9,12,20-22,27H,10-11,13-16H2,1H3;2-9,12,19-22H,10-11,13-15H2,1H3;2-10,15H,11H2,1H3;1-9,14H,10H2,(H,17,18);2-6H,7H2,1H3;1-4H,5H2;1-4H2;1H3/i;;;;;;;1D. The Balaban J connectivity index is 0.000000183. The summed E-state index contributed by atoms with van der Waals surface area (Å²) in [6.07, 6.45) is 13.3. The van der Waals surface area contributed by atoms with Crippen molar-refractivity contribution in [2.45, 2.75) is 162 Å². The number of halogens is 7. The van der Waals surface area contributed by atoms with Gasteiger partial charge in [0.2, 0.25) is 0 Å². The number of aliphatic hydroxyl groups excluding tert-OH is 1. The normalized spacial score (nSPS) is 18.6. The van der Waals surface area contributed by atoms with Crippen molar-refractivity contribution >= 4 is 99.5 Å². The SMILES string of the molecule is C1CCOC1.CN1C2CCC1CC(OC(=O)C(CO)(Cc1cccc(Cl)c1)c1ccccc1)C2.CN1C2CCC1CC(OC(=O)C(Cc1cccc(Cl)c1)c1ccccc1)C2.COC(=O)C(Cc1cccc(Cl)c1)c1ccccc1.COC(=O)Cc1ccccc1.ClCc1cccc(Cl)c1.O=C(O)C(Cc1cccc(Cl)c1)c1ccccc1.[2H]CF. The Labute approximate surface area is 738 Å². The van der Waals surface area contributed by atoms with Gasteiger partial charge < -0.3 is 43.7 Å². The summed E-state index contributed by atoms with van der Waals surface area (Å²) >= 11 is 35.4. The molecular weight excluding hydrogens is 1640 g/mol. The third kappa shape index (κ3) is 31.2. The van der Waals surface area contributed by atoms with Crippen LogP contribution in [0.3, 0.4) is 0 Å². The van der Waals surface area contributed by atoms with E-state index < -0.39 is 24.5 Å². The van der Waals surface area contributed by atoms with Crippen LogP contribution >= 0.6 is 69.6 Å². The molecule has 0 radical (unpaired) electrons. The number of alkyl halides is 2. The molecule has 636 valence electrons. The maximum atomic E-state index is 13.5. The fraction of sp³-hybridized carbons (Fsp3) is 0.343. The highest BCUT2D eigenvalue weighted by atomic mass is 35.5. The predicted molar refractivity (Wildman–Crippen MR) is 481 cm³/mol. The van der Waals surface area contributed by atoms with Crippen LogP contribution in [-0.2, 0) is 91.1 Å². The first-order valence-corrected chi connectivity index (χ1v) is 42.8. The fourth-order valence-corrected chi connectivity index (χ4v) is 16.8. The lowest BCUT2D eigenvalue weighted by Crippen LogP contribution is -2.48. The zero-order chi connectivity index (χ0) is 86.9. The Hall–Kier alpha value is -8.94. The van der Waals surface area contributed by atoms with Gasteiger partial charge in [-0.3, -0.25) is 28.4 Å². The van der Waals surface area contributed by atoms with Gasteiger partial charge in [0.05, 0.1) is 53.5 Å². The van der Waals surface area contributed by atoms with Crippen molar-refractivity contribution in [3.8, 4) is 0 Å². The lowest BCUT2D eigenvalue weighted by Gasteiger charge is -2.38. The summed E-state index contributed by atoms with van der Waals surface area (Å²) in [6.45, 7) is 1.68. The van der Waals surface area contributed by atoms with Gasteiger partial charge in [0.1, 0.15) is 17.6 Å². The van der Waals surface area contributed by atoms with E-state index in [2.05, 4.69) is 28.6 Å². The van der Waals surface area contributed by atoms with Gasteiger partial charge in [-0.05, 0) is 220 Å². The molecule has 15 rings (SSSR count). The molecule has 0 aliphatic carbocycles. The van der Waals surface area contributed by atoms with Crippen molar-refractivity contribution in [1.29, 1.82) is 0 Å². The summed E-state index contributed by atoms with van der Waals surface area (Å²) in [6, 6.07) is 87.5. The van der Waals surface area contributed by atoms with Gasteiger partial charge in [0.25, 0.3) is 0 Å². The number of rotatable bonds is 22. The molecule has 0 aromatic heterocycles. The molecule has 5 saturated heterocycles. The van der Waals surface area contributed by atoms with E-state index in [0.717, 1.165) is 99.6 Å². The number of esters is 4. The number of carboxylic acids is 1. The molecule has 21 heteroatoms. The maximum absolute atomic E-state index is 13.5. The average Bonchev–Trinajstić information content (AvgIpc) is 1.77. The Kier molecular flexibility index (Phi) is 40.9. The van der Waals surface area contributed by atoms with Crippen LogP contribution < -0.4 is 0 Å². The number of hydrogen-bond acceptors (Lipinski definition) is 13. The number of fused-ring (bicyclic) bond motifs is 4. The first kappa shape index (κ1) is 94.9. The summed E-state index contributed by atoms with van der Waals surface area (Å²) < 4.78 is 42.0. The molecule has 0 amide bonds. The van der Waals surface area contributed by atoms with Gasteiger partial charge in [0.15, 0.2) is 0 Å². The van der Waals surface area contributed by atoms with Crippen LogP contribution in [-0.4, -0.2) is 142 Å². The van der Waals surface area contributed by atoms with Gasteiger partial charge >= 0.3 is 29.8 Å². The van der Waals surface area contributed by atoms with Gasteiger partial charge in [-0.2, -0.15) is 0 Å². The first-order chi connectivity index (χ1) is 58.5. The Bertz CT molecular complexity index is 4710. The van der Waals surface area contributed by atoms with Crippen molar-refractivity contribution in [2.24, 2.45) is 0 Å². The van der Waals surface area contributed by atoms with Crippen molar-refractivity contribution < 1.29 is 63.6 Å². The minimum absolute atomic E-state index is 0.0387. The van der Waals surface area contributed by atoms with Crippen LogP contribution in [0.5, 0.6) is 0 Å². The lowest BCUT2D eigenvalue weighted by atomic mass is 9.76. The van der Waals surface area contributed by atoms with E-state index in [1.54, 1.807) is 18.2 Å². The highest BCUT2D eigenvalue weighted by molar-refractivity contribution is 6.32. The van der Waals surface area contributed by atoms with Crippen LogP contribution in [0, 0.1) is 0 Å². The number of nitrogens with zero attached hydrogens (tertiary/aromatic N) is 2. The number of aliphatic hydroxyl groups is 1. The van der Waals surface area contributed by atoms with Crippen molar-refractivity contribution in [3.05, 3.63) is 354 Å². The van der Waals surface area contributed by atoms with E-state index in [9.17, 15) is 38.6 Å². The van der Waals surface area contributed by atoms with Crippen LogP contribution in [0.1, 0.15) is 139 Å². The topological polar surface area (TPSA) is 178 Å². The van der Waals surface area contributed by atoms with E-state index in [-0.39, 0.29) is 54.5 Å². The molecule has 8 unspecified atom stereocenters. The highest BCUT2D eigenvalue weighted by Crippen LogP contribution is 2.40. The van der Waals surface area contributed by atoms with Crippen LogP contribution in [0.15, 0.2) is 273 Å². The van der Waals surface area contributed by atoms with E-state index in [1.165, 1.54) is 52.7 Å². The Morgan fingerprint density at radius 3 is 1.14 bits per heavy atom. The molecule has 0 spiro atoms. The van der Waals surface area contributed by atoms with Crippen molar-refractivity contribution in [3.63, 3.8) is 0 Å². The number of benzene rings is 10. The second kappa shape index (κ2) is 51.7. The molecule has 5 fully saturated rings. The van der Waals surface area contributed by atoms with E-state index >= 15 is 0 Å². The maximum Gasteiger partial charge on any atom is 0.319 e. The summed E-state index contributed by atoms with van der Waals surface area (Å²) in [5.74, 6) is -2.32. The number of piperidine rings is 2. The zero-order valence-corrected chi connectivity index (χ0v) is 72.9. The summed E-state index contributed by atoms with van der Waals surface area (Å²) in [7, 11) is 6.18. The first-order valence-electron chi connectivity index (χ1n) is 41.1. The molecule has 0 saturated carbocycles. The second-order valence-electron chi connectivity index (χ2n) is 30.1. The third-order valence-corrected chi connectivity index (χ3v) is 23.5. The molecule has 5 aliphatic rings. The number of aliphatic carboxylic acids is 1. The number of carbonyl (C=O) groups is 5. The van der Waals surface area contributed by atoms with E-state index in [1.807, 2.05) is 255 Å². The summed E-state index contributed by atoms with van der Waals surface area (Å²) in [5, 5.41) is 23.2. The minimum atomic E-state index is -1.14. The number of carboxylic acid groups (broad SMARTS) is 1. The molecule has 8 atom stereocenters. The molecule has 10 aromatic rings. The molecule has 2 N–H and O–H groups in total. The molecule has 5 heterocycles. The van der Waals surface area contributed by atoms with Gasteiger partial charge in [-0.1, -0.05) is 270 Å². The van der Waals surface area contributed by atoms with Gasteiger partial charge in [0, 0.05) is 68.4 Å². The minimum Gasteiger partial charge on any atom is -0.481 e. The molecule has 14 nitrogen and oxygen atoms in total. The van der Waals surface area contributed by atoms with Crippen LogP contribution in [0.25, 0.3) is 0 Å². The van der Waals surface area contributed by atoms with Crippen LogP contribution in [0.2, 0.25) is 25.1 Å². The lowest BCUT2D eigenvalue weighted by molar-refractivity contribution is -0.161. The van der Waals surface area contributed by atoms with E-state index in [0.29, 0.717) is 82.2 Å². The molecule has 10 aromatic carbocycles. The smallest absolute Gasteiger partial charge is 0.319 e. The monoisotopic (exact) mass is 1750 g/mol. The summed E-state index contributed by atoms with van der Waals surface area (Å²) in [5.41, 5.74) is 8.33. The highest BCUT2D eigenvalue weighted by Gasteiger charge is 2.46. The van der Waals surface area contributed by atoms with Crippen molar-refractivity contribution in [1.82, 2.24) is 9.80 Å². The summed E-state index contributed by atoms with van der Waals surface area (Å²) in [4.78, 5) is 65.6. The second-order valence-corrected chi connectivity index (χ2v) is 32.6. The fourth-order valence-electron chi connectivity index (χ4n) is 15.6. The average molecular weight is 1750 g/mol. The molecular formula is C99H109Cl6FN2O12. The number of methoxy groups -OCH3 is 2.